The van der Waals surface area contributed by atoms with Crippen LogP contribution < -0.4 is 5.32 Å². The molecule has 0 bridgehead atoms. The first kappa shape index (κ1) is 16.0. The Kier molecular flexibility index (Phi) is 4.47. The zero-order valence-electron chi connectivity index (χ0n) is 13.6. The quantitative estimate of drug-likeness (QED) is 0.716. The number of anilines is 1. The Morgan fingerprint density at radius 2 is 1.75 bits per heavy atom. The Balaban J connectivity index is 1.81. The molecule has 122 valence electrons. The zero-order valence-corrected chi connectivity index (χ0v) is 13.6. The largest absolute Gasteiger partial charge is 0.461 e. The molecule has 0 saturated heterocycles. The number of hydrogen-bond acceptors (Lipinski definition) is 2. The lowest BCUT2D eigenvalue weighted by molar-refractivity contribution is 0.102. The van der Waals surface area contributed by atoms with Crippen molar-refractivity contribution >= 4 is 11.6 Å². The topological polar surface area (TPSA) is 42.2 Å². The van der Waals surface area contributed by atoms with Crippen LogP contribution in [0, 0.1) is 12.7 Å². The molecule has 1 aromatic heterocycles. The molecular weight excluding hydrogens is 305 g/mol. The second-order valence-corrected chi connectivity index (χ2v) is 5.59. The van der Waals surface area contributed by atoms with Crippen LogP contribution in [0.1, 0.15) is 28.6 Å². The molecular formula is C20H18FNO2. The molecule has 0 spiro atoms. The van der Waals surface area contributed by atoms with Crippen LogP contribution in [0.4, 0.5) is 10.1 Å². The third-order valence-corrected chi connectivity index (χ3v) is 3.91. The second kappa shape index (κ2) is 6.71. The lowest BCUT2D eigenvalue weighted by Gasteiger charge is -2.05. The maximum Gasteiger partial charge on any atom is 0.259 e. The van der Waals surface area contributed by atoms with E-state index in [-0.39, 0.29) is 11.7 Å². The first-order valence-electron chi connectivity index (χ1n) is 7.83. The number of benzene rings is 2. The van der Waals surface area contributed by atoms with Crippen LogP contribution in [0.15, 0.2) is 59.0 Å². The highest BCUT2D eigenvalue weighted by atomic mass is 19.1. The fourth-order valence-corrected chi connectivity index (χ4v) is 2.49. The van der Waals surface area contributed by atoms with Gasteiger partial charge in [-0.2, -0.15) is 0 Å². The second-order valence-electron chi connectivity index (χ2n) is 5.59. The number of amides is 1. The van der Waals surface area contributed by atoms with Crippen molar-refractivity contribution in [2.24, 2.45) is 0 Å². The van der Waals surface area contributed by atoms with Crippen molar-refractivity contribution in [3.8, 4) is 11.3 Å². The summed E-state index contributed by atoms with van der Waals surface area (Å²) in [5.74, 6) is 0.528. The van der Waals surface area contributed by atoms with Crippen molar-refractivity contribution in [1.29, 1.82) is 0 Å². The van der Waals surface area contributed by atoms with Gasteiger partial charge in [-0.05, 0) is 61.4 Å². The zero-order chi connectivity index (χ0) is 17.1. The van der Waals surface area contributed by atoms with Crippen LogP contribution in [-0.4, -0.2) is 5.91 Å². The molecule has 0 unspecified atom stereocenters. The van der Waals surface area contributed by atoms with E-state index in [1.54, 1.807) is 25.1 Å². The maximum atomic E-state index is 13.0. The third kappa shape index (κ3) is 3.38. The number of hydrogen-bond donors (Lipinski definition) is 1. The van der Waals surface area contributed by atoms with Gasteiger partial charge in [-0.15, -0.1) is 0 Å². The van der Waals surface area contributed by atoms with E-state index in [4.69, 9.17) is 4.42 Å². The molecule has 0 atom stereocenters. The molecule has 0 aliphatic heterocycles. The number of aryl methyl sites for hydroxylation is 2. The molecule has 0 saturated carbocycles. The van der Waals surface area contributed by atoms with Gasteiger partial charge in [-0.25, -0.2) is 4.39 Å². The number of rotatable bonds is 4. The third-order valence-electron chi connectivity index (χ3n) is 3.91. The van der Waals surface area contributed by atoms with E-state index >= 15 is 0 Å². The summed E-state index contributed by atoms with van der Waals surface area (Å²) >= 11 is 0. The van der Waals surface area contributed by atoms with E-state index < -0.39 is 0 Å². The predicted molar refractivity (Wildman–Crippen MR) is 92.6 cm³/mol. The van der Waals surface area contributed by atoms with Crippen LogP contribution >= 0.6 is 0 Å². The van der Waals surface area contributed by atoms with E-state index in [0.717, 1.165) is 17.7 Å². The Morgan fingerprint density at radius 1 is 1.08 bits per heavy atom. The van der Waals surface area contributed by atoms with E-state index in [2.05, 4.69) is 12.2 Å². The van der Waals surface area contributed by atoms with Crippen molar-refractivity contribution < 1.29 is 13.6 Å². The van der Waals surface area contributed by atoms with E-state index in [0.29, 0.717) is 17.1 Å². The first-order valence-corrected chi connectivity index (χ1v) is 7.83. The van der Waals surface area contributed by atoms with E-state index in [9.17, 15) is 9.18 Å². The number of carbonyl (C=O) groups is 1. The Morgan fingerprint density at radius 3 is 2.38 bits per heavy atom. The predicted octanol–water partition coefficient (Wildman–Crippen LogP) is 5.21. The van der Waals surface area contributed by atoms with E-state index in [1.807, 2.05) is 24.3 Å². The van der Waals surface area contributed by atoms with Crippen molar-refractivity contribution in [2.75, 3.05) is 5.32 Å². The van der Waals surface area contributed by atoms with Gasteiger partial charge < -0.3 is 9.73 Å². The molecule has 1 heterocycles. The smallest absolute Gasteiger partial charge is 0.259 e. The summed E-state index contributed by atoms with van der Waals surface area (Å²) in [7, 11) is 0. The standard InChI is InChI=1S/C20H18FNO2/c1-3-14-4-10-17(11-5-14)22-20(23)18-12-19(24-13(18)2)15-6-8-16(21)9-7-15/h4-12H,3H2,1-2H3,(H,22,23). The number of halogens is 1. The minimum absolute atomic E-state index is 0.228. The molecule has 3 aromatic rings. The van der Waals surface area contributed by atoms with Gasteiger partial charge in [0.25, 0.3) is 5.91 Å². The van der Waals surface area contributed by atoms with Gasteiger partial charge >= 0.3 is 0 Å². The summed E-state index contributed by atoms with van der Waals surface area (Å²) in [6.07, 6.45) is 0.954. The van der Waals surface area contributed by atoms with Crippen molar-refractivity contribution in [3.05, 3.63) is 77.3 Å². The van der Waals surface area contributed by atoms with Gasteiger partial charge in [0.2, 0.25) is 0 Å². The van der Waals surface area contributed by atoms with Gasteiger partial charge in [0.1, 0.15) is 17.3 Å². The molecule has 2 aromatic carbocycles. The number of nitrogens with one attached hydrogen (secondary N) is 1. The molecule has 24 heavy (non-hydrogen) atoms. The van der Waals surface area contributed by atoms with Crippen molar-refractivity contribution in [3.63, 3.8) is 0 Å². The summed E-state index contributed by atoms with van der Waals surface area (Å²) in [5, 5.41) is 2.87. The average molecular weight is 323 g/mol. The fraction of sp³-hybridized carbons (Fsp3) is 0.150. The molecule has 3 rings (SSSR count). The molecule has 0 radical (unpaired) electrons. The van der Waals surface area contributed by atoms with Crippen LogP contribution in [-0.2, 0) is 6.42 Å². The van der Waals surface area contributed by atoms with Crippen LogP contribution in [0.5, 0.6) is 0 Å². The van der Waals surface area contributed by atoms with Crippen LogP contribution in [0.3, 0.4) is 0 Å². The van der Waals surface area contributed by atoms with Gasteiger partial charge in [0, 0.05) is 11.3 Å². The monoisotopic (exact) mass is 323 g/mol. The van der Waals surface area contributed by atoms with Crippen LogP contribution in [0.2, 0.25) is 0 Å². The van der Waals surface area contributed by atoms with Gasteiger partial charge in [-0.1, -0.05) is 19.1 Å². The van der Waals surface area contributed by atoms with Crippen molar-refractivity contribution in [2.45, 2.75) is 20.3 Å². The normalized spacial score (nSPS) is 10.6. The van der Waals surface area contributed by atoms with Crippen LogP contribution in [0.25, 0.3) is 11.3 Å². The summed E-state index contributed by atoms with van der Waals surface area (Å²) in [4.78, 5) is 12.5. The minimum Gasteiger partial charge on any atom is -0.461 e. The Bertz CT molecular complexity index is 848. The summed E-state index contributed by atoms with van der Waals surface area (Å²) in [6.45, 7) is 3.82. The summed E-state index contributed by atoms with van der Waals surface area (Å²) in [6, 6.07) is 15.4. The Labute approximate surface area is 140 Å². The first-order chi connectivity index (χ1) is 11.6. The highest BCUT2D eigenvalue weighted by Crippen LogP contribution is 2.26. The average Bonchev–Trinajstić information content (AvgIpc) is 2.98. The Hall–Kier alpha value is -2.88. The summed E-state index contributed by atoms with van der Waals surface area (Å²) < 4.78 is 18.7. The number of furan rings is 1. The lowest BCUT2D eigenvalue weighted by atomic mass is 10.1. The molecule has 0 aliphatic rings. The highest BCUT2D eigenvalue weighted by molar-refractivity contribution is 6.05. The molecule has 1 amide bonds. The minimum atomic E-state index is -0.310. The molecule has 0 aliphatic carbocycles. The molecule has 4 heteroatoms. The fourth-order valence-electron chi connectivity index (χ4n) is 2.49. The molecule has 0 fully saturated rings. The van der Waals surface area contributed by atoms with Gasteiger partial charge in [0.05, 0.1) is 5.56 Å². The van der Waals surface area contributed by atoms with E-state index in [1.165, 1.54) is 17.7 Å². The molecule has 3 nitrogen and oxygen atoms in total. The lowest BCUT2D eigenvalue weighted by Crippen LogP contribution is -2.12. The molecule has 1 N–H and O–H groups in total. The van der Waals surface area contributed by atoms with Crippen molar-refractivity contribution in [1.82, 2.24) is 0 Å². The van der Waals surface area contributed by atoms with Gasteiger partial charge in [-0.3, -0.25) is 4.79 Å². The van der Waals surface area contributed by atoms with Gasteiger partial charge in [0.15, 0.2) is 0 Å². The highest BCUT2D eigenvalue weighted by Gasteiger charge is 2.16. The number of carbonyl (C=O) groups excluding carboxylic acids is 1. The SMILES string of the molecule is CCc1ccc(NC(=O)c2cc(-c3ccc(F)cc3)oc2C)cc1. The summed E-state index contributed by atoms with van der Waals surface area (Å²) in [5.41, 5.74) is 3.15. The maximum absolute atomic E-state index is 13.0.